The van der Waals surface area contributed by atoms with Crippen molar-refractivity contribution in [1.29, 1.82) is 0 Å². The van der Waals surface area contributed by atoms with Crippen molar-refractivity contribution in [3.05, 3.63) is 0 Å². The lowest BCUT2D eigenvalue weighted by Gasteiger charge is -2.24. The van der Waals surface area contributed by atoms with Crippen molar-refractivity contribution in [3.8, 4) is 0 Å². The van der Waals surface area contributed by atoms with Gasteiger partial charge < -0.3 is 10.1 Å². The summed E-state index contributed by atoms with van der Waals surface area (Å²) in [7, 11) is -1.24. The van der Waals surface area contributed by atoms with Crippen LogP contribution < -0.4 is 10.0 Å². The summed E-state index contributed by atoms with van der Waals surface area (Å²) in [5.74, 6) is 0. The summed E-state index contributed by atoms with van der Waals surface area (Å²) < 4.78 is 32.1. The number of nitrogens with one attached hydrogen (secondary N) is 2. The third kappa shape index (κ3) is 3.40. The molecule has 1 heterocycles. The maximum Gasteiger partial charge on any atom is 0.214 e. The van der Waals surface area contributed by atoms with Crippen LogP contribution in [0.3, 0.4) is 0 Å². The highest BCUT2D eigenvalue weighted by molar-refractivity contribution is 7.90. The van der Waals surface area contributed by atoms with Gasteiger partial charge in [0.15, 0.2) is 0 Å². The summed E-state index contributed by atoms with van der Waals surface area (Å²) >= 11 is 0. The van der Waals surface area contributed by atoms with Gasteiger partial charge in [0.2, 0.25) is 10.0 Å². The van der Waals surface area contributed by atoms with Crippen molar-refractivity contribution in [2.75, 3.05) is 33.4 Å². The minimum Gasteiger partial charge on any atom is -0.381 e. The maximum absolute atomic E-state index is 12.1. The van der Waals surface area contributed by atoms with Crippen molar-refractivity contribution in [2.45, 2.75) is 30.9 Å². The SMILES string of the molecule is CNCC1(CNS(=O)(=O)C2CCOCC2)CC1. The summed E-state index contributed by atoms with van der Waals surface area (Å²) in [4.78, 5) is 0. The Morgan fingerprint density at radius 1 is 1.24 bits per heavy atom. The lowest BCUT2D eigenvalue weighted by Crippen LogP contribution is -2.42. The van der Waals surface area contributed by atoms with E-state index in [9.17, 15) is 8.42 Å². The summed E-state index contributed by atoms with van der Waals surface area (Å²) in [6.45, 7) is 2.59. The molecule has 0 radical (unpaired) electrons. The Kier molecular flexibility index (Phi) is 4.07. The average molecular weight is 262 g/mol. The Hall–Kier alpha value is -0.170. The highest BCUT2D eigenvalue weighted by atomic mass is 32.2. The molecule has 0 spiro atoms. The predicted octanol–water partition coefficient (Wildman–Crippen LogP) is 0.0844. The summed E-state index contributed by atoms with van der Waals surface area (Å²) in [5, 5.41) is 2.87. The van der Waals surface area contributed by atoms with E-state index >= 15 is 0 Å². The van der Waals surface area contributed by atoms with Crippen LogP contribution in [-0.2, 0) is 14.8 Å². The van der Waals surface area contributed by atoms with Crippen molar-refractivity contribution < 1.29 is 13.2 Å². The number of sulfonamides is 1. The molecule has 0 amide bonds. The first-order valence-electron chi connectivity index (χ1n) is 6.29. The smallest absolute Gasteiger partial charge is 0.214 e. The van der Waals surface area contributed by atoms with Crippen molar-refractivity contribution in [3.63, 3.8) is 0 Å². The van der Waals surface area contributed by atoms with Gasteiger partial charge >= 0.3 is 0 Å². The Bertz CT molecular complexity index is 346. The number of ether oxygens (including phenoxy) is 1. The van der Waals surface area contributed by atoms with Crippen LogP contribution in [0.25, 0.3) is 0 Å². The van der Waals surface area contributed by atoms with Gasteiger partial charge in [-0.3, -0.25) is 0 Å². The van der Waals surface area contributed by atoms with Crippen LogP contribution in [0.1, 0.15) is 25.7 Å². The number of hydrogen-bond donors (Lipinski definition) is 2. The monoisotopic (exact) mass is 262 g/mol. The van der Waals surface area contributed by atoms with E-state index in [1.54, 1.807) is 0 Å². The molecule has 0 aromatic heterocycles. The fourth-order valence-electron chi connectivity index (χ4n) is 2.33. The van der Waals surface area contributed by atoms with Crippen molar-refractivity contribution in [1.82, 2.24) is 10.0 Å². The second kappa shape index (κ2) is 5.22. The zero-order valence-electron chi connectivity index (χ0n) is 10.4. The number of hydrogen-bond acceptors (Lipinski definition) is 4. The molecule has 1 aliphatic heterocycles. The molecule has 1 aliphatic carbocycles. The van der Waals surface area contributed by atoms with E-state index in [2.05, 4.69) is 10.0 Å². The van der Waals surface area contributed by atoms with Gasteiger partial charge in [-0.25, -0.2) is 13.1 Å². The summed E-state index contributed by atoms with van der Waals surface area (Å²) in [6.07, 6.45) is 3.47. The highest BCUT2D eigenvalue weighted by Gasteiger charge is 2.43. The topological polar surface area (TPSA) is 67.4 Å². The van der Waals surface area contributed by atoms with E-state index in [1.807, 2.05) is 7.05 Å². The fourth-order valence-corrected chi connectivity index (χ4v) is 3.88. The summed E-state index contributed by atoms with van der Waals surface area (Å²) in [6, 6.07) is 0. The third-order valence-corrected chi connectivity index (χ3v) is 5.66. The molecule has 0 aromatic carbocycles. The van der Waals surface area contributed by atoms with Crippen LogP contribution in [0.15, 0.2) is 0 Å². The third-order valence-electron chi connectivity index (χ3n) is 3.76. The van der Waals surface area contributed by atoms with Gasteiger partial charge in [-0.05, 0) is 38.1 Å². The van der Waals surface area contributed by atoms with Gasteiger partial charge in [0.25, 0.3) is 0 Å². The molecule has 0 bridgehead atoms. The largest absolute Gasteiger partial charge is 0.381 e. The van der Waals surface area contributed by atoms with E-state index in [-0.39, 0.29) is 10.7 Å². The first-order valence-corrected chi connectivity index (χ1v) is 7.83. The molecule has 5 nitrogen and oxygen atoms in total. The van der Waals surface area contributed by atoms with Crippen LogP contribution in [0.4, 0.5) is 0 Å². The Morgan fingerprint density at radius 2 is 1.88 bits per heavy atom. The molecule has 100 valence electrons. The van der Waals surface area contributed by atoms with E-state index in [0.29, 0.717) is 32.6 Å². The maximum atomic E-state index is 12.1. The summed E-state index contributed by atoms with van der Waals surface area (Å²) in [5.41, 5.74) is 0.174. The molecule has 0 aromatic rings. The van der Waals surface area contributed by atoms with Crippen LogP contribution in [-0.4, -0.2) is 47.0 Å². The minimum atomic E-state index is -3.15. The normalized spacial score (nSPS) is 24.8. The fraction of sp³-hybridized carbons (Fsp3) is 1.00. The van der Waals surface area contributed by atoms with E-state index in [4.69, 9.17) is 4.74 Å². The Balaban J connectivity index is 1.84. The lowest BCUT2D eigenvalue weighted by molar-refractivity contribution is 0.0981. The van der Waals surface area contributed by atoms with E-state index in [1.165, 1.54) is 0 Å². The first kappa shape index (κ1) is 13.3. The van der Waals surface area contributed by atoms with Gasteiger partial charge in [0, 0.05) is 26.3 Å². The van der Waals surface area contributed by atoms with Crippen LogP contribution in [0, 0.1) is 5.41 Å². The molecular weight excluding hydrogens is 240 g/mol. The van der Waals surface area contributed by atoms with Crippen LogP contribution in [0.2, 0.25) is 0 Å². The first-order chi connectivity index (χ1) is 8.08. The molecule has 1 saturated heterocycles. The zero-order chi connectivity index (χ0) is 12.4. The quantitative estimate of drug-likeness (QED) is 0.711. The second-order valence-corrected chi connectivity index (χ2v) is 7.25. The van der Waals surface area contributed by atoms with Gasteiger partial charge in [-0.2, -0.15) is 0 Å². The Morgan fingerprint density at radius 3 is 2.41 bits per heavy atom. The van der Waals surface area contributed by atoms with Gasteiger partial charge in [-0.15, -0.1) is 0 Å². The van der Waals surface area contributed by atoms with Crippen molar-refractivity contribution >= 4 is 10.0 Å². The standard InChI is InChI=1S/C11H22N2O3S/c1-12-8-11(4-5-11)9-13-17(14,15)10-2-6-16-7-3-10/h10,12-13H,2-9H2,1H3. The van der Waals surface area contributed by atoms with Gasteiger partial charge in [-0.1, -0.05) is 0 Å². The molecule has 1 saturated carbocycles. The number of rotatable bonds is 6. The van der Waals surface area contributed by atoms with E-state index in [0.717, 1.165) is 19.4 Å². The molecular formula is C11H22N2O3S. The highest BCUT2D eigenvalue weighted by Crippen LogP contribution is 2.44. The Labute approximate surface area is 103 Å². The zero-order valence-corrected chi connectivity index (χ0v) is 11.2. The molecule has 2 N–H and O–H groups in total. The van der Waals surface area contributed by atoms with Gasteiger partial charge in [0.05, 0.1) is 5.25 Å². The van der Waals surface area contributed by atoms with Gasteiger partial charge in [0.1, 0.15) is 0 Å². The van der Waals surface area contributed by atoms with Crippen molar-refractivity contribution in [2.24, 2.45) is 5.41 Å². The molecule has 2 fully saturated rings. The molecule has 2 rings (SSSR count). The lowest BCUT2D eigenvalue weighted by atomic mass is 10.1. The minimum absolute atomic E-state index is 0.174. The molecule has 2 aliphatic rings. The van der Waals surface area contributed by atoms with Crippen LogP contribution >= 0.6 is 0 Å². The molecule has 17 heavy (non-hydrogen) atoms. The molecule has 6 heteroatoms. The molecule has 0 atom stereocenters. The second-order valence-electron chi connectivity index (χ2n) is 5.21. The molecule has 0 unspecified atom stereocenters. The average Bonchev–Trinajstić information content (AvgIpc) is 3.09. The van der Waals surface area contributed by atoms with Crippen LogP contribution in [0.5, 0.6) is 0 Å². The van der Waals surface area contributed by atoms with E-state index < -0.39 is 10.0 Å². The predicted molar refractivity (Wildman–Crippen MR) is 66.4 cm³/mol.